The van der Waals surface area contributed by atoms with Crippen LogP contribution in [-0.2, 0) is 4.74 Å². The number of nitrogens with one attached hydrogen (secondary N) is 1. The van der Waals surface area contributed by atoms with Crippen molar-refractivity contribution in [1.29, 1.82) is 0 Å². The van der Waals surface area contributed by atoms with Gasteiger partial charge in [-0.3, -0.25) is 0 Å². The van der Waals surface area contributed by atoms with Crippen LogP contribution in [0.15, 0.2) is 24.3 Å². The minimum absolute atomic E-state index is 0.106. The van der Waals surface area contributed by atoms with E-state index in [0.29, 0.717) is 13.0 Å². The highest BCUT2D eigenvalue weighted by Crippen LogP contribution is 2.18. The van der Waals surface area contributed by atoms with Gasteiger partial charge in [0, 0.05) is 25.8 Å². The molecule has 0 saturated heterocycles. The molecule has 0 aliphatic carbocycles. The molecule has 0 aromatic heterocycles. The Morgan fingerprint density at radius 3 is 2.50 bits per heavy atom. The lowest BCUT2D eigenvalue weighted by Crippen LogP contribution is -2.36. The second-order valence-electron chi connectivity index (χ2n) is 4.34. The summed E-state index contributed by atoms with van der Waals surface area (Å²) in [6, 6.07) is 6.78. The van der Waals surface area contributed by atoms with Gasteiger partial charge in [0.05, 0.1) is 6.61 Å². The molecule has 0 aliphatic rings. The molecule has 1 aromatic carbocycles. The molecule has 0 fully saturated rings. The van der Waals surface area contributed by atoms with E-state index in [-0.39, 0.29) is 24.5 Å². The molecule has 0 saturated carbocycles. The summed E-state index contributed by atoms with van der Waals surface area (Å²) in [7, 11) is 1.64. The third kappa shape index (κ3) is 4.72. The largest absolute Gasteiger partial charge is 0.396 e. The molecule has 1 aromatic rings. The van der Waals surface area contributed by atoms with Gasteiger partial charge in [-0.15, -0.1) is 0 Å². The molecule has 2 atom stereocenters. The van der Waals surface area contributed by atoms with Gasteiger partial charge in [0.1, 0.15) is 5.82 Å². The Kier molecular flexibility index (Phi) is 6.86. The average Bonchev–Trinajstić information content (AvgIpc) is 2.37. The van der Waals surface area contributed by atoms with Gasteiger partial charge in [0.15, 0.2) is 0 Å². The maximum atomic E-state index is 12.9. The van der Waals surface area contributed by atoms with Crippen molar-refractivity contribution in [2.45, 2.75) is 31.8 Å². The second-order valence-corrected chi connectivity index (χ2v) is 4.34. The summed E-state index contributed by atoms with van der Waals surface area (Å²) in [5.41, 5.74) is 1.05. The van der Waals surface area contributed by atoms with Gasteiger partial charge in [-0.2, -0.15) is 0 Å². The fraction of sp³-hybridized carbons (Fsp3) is 0.571. The summed E-state index contributed by atoms with van der Waals surface area (Å²) < 4.78 is 18.0. The van der Waals surface area contributed by atoms with Crippen LogP contribution in [0.2, 0.25) is 0 Å². The zero-order valence-corrected chi connectivity index (χ0v) is 11.0. The lowest BCUT2D eigenvalue weighted by Gasteiger charge is -2.24. The van der Waals surface area contributed by atoms with Crippen LogP contribution >= 0.6 is 0 Å². The maximum absolute atomic E-state index is 12.9. The van der Waals surface area contributed by atoms with Crippen molar-refractivity contribution >= 4 is 0 Å². The van der Waals surface area contributed by atoms with Crippen LogP contribution in [0.1, 0.15) is 31.4 Å². The molecule has 0 bridgehead atoms. The lowest BCUT2D eigenvalue weighted by molar-refractivity contribution is 0.142. The standard InChI is InChI=1S/C14H22FNO2/c1-3-14(11-4-6-12(15)7-5-11)16-13(8-9-17)10-18-2/h4-7,13-14,16-17H,3,8-10H2,1-2H3. The molecule has 0 spiro atoms. The first-order valence-electron chi connectivity index (χ1n) is 6.32. The Labute approximate surface area is 108 Å². The normalized spacial score (nSPS) is 14.4. The van der Waals surface area contributed by atoms with E-state index in [1.807, 2.05) is 0 Å². The van der Waals surface area contributed by atoms with Gasteiger partial charge in [-0.25, -0.2) is 4.39 Å². The molecule has 1 rings (SSSR count). The van der Waals surface area contributed by atoms with Crippen LogP contribution in [0.3, 0.4) is 0 Å². The fourth-order valence-corrected chi connectivity index (χ4v) is 2.00. The van der Waals surface area contributed by atoms with Crippen LogP contribution in [0.25, 0.3) is 0 Å². The van der Waals surface area contributed by atoms with Gasteiger partial charge in [0.2, 0.25) is 0 Å². The van der Waals surface area contributed by atoms with Gasteiger partial charge in [-0.1, -0.05) is 19.1 Å². The number of methoxy groups -OCH3 is 1. The van der Waals surface area contributed by atoms with Gasteiger partial charge >= 0.3 is 0 Å². The summed E-state index contributed by atoms with van der Waals surface area (Å²) in [6.07, 6.45) is 1.54. The minimum Gasteiger partial charge on any atom is -0.396 e. The highest BCUT2D eigenvalue weighted by molar-refractivity contribution is 5.19. The molecule has 2 N–H and O–H groups in total. The Bertz CT molecular complexity index is 323. The van der Waals surface area contributed by atoms with Crippen molar-refractivity contribution < 1.29 is 14.2 Å². The molecule has 2 unspecified atom stereocenters. The van der Waals surface area contributed by atoms with Gasteiger partial charge < -0.3 is 15.2 Å². The number of aliphatic hydroxyl groups is 1. The number of rotatable bonds is 8. The third-order valence-corrected chi connectivity index (χ3v) is 2.96. The van der Waals surface area contributed by atoms with E-state index in [9.17, 15) is 4.39 Å². The number of aliphatic hydroxyl groups excluding tert-OH is 1. The zero-order valence-electron chi connectivity index (χ0n) is 11.0. The Hall–Kier alpha value is -0.970. The molecule has 0 radical (unpaired) electrons. The van der Waals surface area contributed by atoms with E-state index >= 15 is 0 Å². The quantitative estimate of drug-likeness (QED) is 0.748. The highest BCUT2D eigenvalue weighted by Gasteiger charge is 2.15. The Morgan fingerprint density at radius 1 is 1.33 bits per heavy atom. The molecule has 3 nitrogen and oxygen atoms in total. The first-order chi connectivity index (χ1) is 8.71. The monoisotopic (exact) mass is 255 g/mol. The summed E-state index contributed by atoms with van der Waals surface area (Å²) in [6.45, 7) is 2.75. The Balaban J connectivity index is 2.67. The van der Waals surface area contributed by atoms with Crippen molar-refractivity contribution in [3.63, 3.8) is 0 Å². The SMILES string of the molecule is CCC(NC(CCO)COC)c1ccc(F)cc1. The predicted octanol–water partition coefficient (Wildman–Crippen LogP) is 2.26. The molecular weight excluding hydrogens is 233 g/mol. The summed E-state index contributed by atoms with van der Waals surface area (Å²) in [5, 5.41) is 12.4. The zero-order chi connectivity index (χ0) is 13.4. The molecular formula is C14H22FNO2. The molecule has 102 valence electrons. The fourth-order valence-electron chi connectivity index (χ4n) is 2.00. The summed E-state index contributed by atoms with van der Waals surface area (Å²) in [5.74, 6) is -0.225. The van der Waals surface area contributed by atoms with Crippen molar-refractivity contribution in [1.82, 2.24) is 5.32 Å². The van der Waals surface area contributed by atoms with E-state index in [1.165, 1.54) is 12.1 Å². The average molecular weight is 255 g/mol. The molecule has 0 amide bonds. The molecule has 0 aliphatic heterocycles. The number of benzene rings is 1. The molecule has 4 heteroatoms. The van der Waals surface area contributed by atoms with Crippen LogP contribution in [0, 0.1) is 5.82 Å². The minimum atomic E-state index is -0.225. The maximum Gasteiger partial charge on any atom is 0.123 e. The van der Waals surface area contributed by atoms with Crippen LogP contribution in [-0.4, -0.2) is 31.5 Å². The Morgan fingerprint density at radius 2 is 2.00 bits per heavy atom. The molecule has 18 heavy (non-hydrogen) atoms. The highest BCUT2D eigenvalue weighted by atomic mass is 19.1. The van der Waals surface area contributed by atoms with Crippen LogP contribution in [0.5, 0.6) is 0 Å². The first-order valence-corrected chi connectivity index (χ1v) is 6.32. The third-order valence-electron chi connectivity index (χ3n) is 2.96. The predicted molar refractivity (Wildman–Crippen MR) is 69.9 cm³/mol. The lowest BCUT2D eigenvalue weighted by atomic mass is 10.0. The van der Waals surface area contributed by atoms with E-state index < -0.39 is 0 Å². The van der Waals surface area contributed by atoms with E-state index in [1.54, 1.807) is 19.2 Å². The van der Waals surface area contributed by atoms with Crippen LogP contribution in [0.4, 0.5) is 4.39 Å². The summed E-state index contributed by atoms with van der Waals surface area (Å²) in [4.78, 5) is 0. The van der Waals surface area contributed by atoms with Crippen LogP contribution < -0.4 is 5.32 Å². The van der Waals surface area contributed by atoms with Crippen molar-refractivity contribution in [3.05, 3.63) is 35.6 Å². The number of halogens is 1. The van der Waals surface area contributed by atoms with Crippen molar-refractivity contribution in [2.24, 2.45) is 0 Å². The summed E-state index contributed by atoms with van der Waals surface area (Å²) >= 11 is 0. The van der Waals surface area contributed by atoms with Crippen molar-refractivity contribution in [2.75, 3.05) is 20.3 Å². The number of hydrogen-bond donors (Lipinski definition) is 2. The number of ether oxygens (including phenoxy) is 1. The van der Waals surface area contributed by atoms with E-state index in [2.05, 4.69) is 12.2 Å². The smallest absolute Gasteiger partial charge is 0.123 e. The van der Waals surface area contributed by atoms with Gasteiger partial charge in [0.25, 0.3) is 0 Å². The van der Waals surface area contributed by atoms with Crippen molar-refractivity contribution in [3.8, 4) is 0 Å². The first kappa shape index (κ1) is 15.1. The van der Waals surface area contributed by atoms with Gasteiger partial charge in [-0.05, 0) is 30.5 Å². The second kappa shape index (κ2) is 8.19. The van der Waals surface area contributed by atoms with E-state index in [0.717, 1.165) is 12.0 Å². The number of hydrogen-bond acceptors (Lipinski definition) is 3. The van der Waals surface area contributed by atoms with E-state index in [4.69, 9.17) is 9.84 Å². The molecule has 0 heterocycles. The topological polar surface area (TPSA) is 41.5 Å².